The Kier molecular flexibility index (Phi) is 5.99. The van der Waals surface area contributed by atoms with Crippen molar-refractivity contribution in [1.29, 1.82) is 0 Å². The van der Waals surface area contributed by atoms with Gasteiger partial charge in [0.15, 0.2) is 0 Å². The Morgan fingerprint density at radius 3 is 2.54 bits per heavy atom. The minimum absolute atomic E-state index is 0.0780. The van der Waals surface area contributed by atoms with Crippen LogP contribution in [0.2, 0.25) is 0 Å². The summed E-state index contributed by atoms with van der Waals surface area (Å²) in [6.45, 7) is 4.26. The summed E-state index contributed by atoms with van der Waals surface area (Å²) in [6.07, 6.45) is -0.397. The standard InChI is InChI=1S/C20H25NO3/c1-20(2,16-9-5-4-6-10-16)13-19(23)21-14-18(22)15-8-7-11-17(12-15)24-3/h4-12,18,22H,13-14H2,1-3H3,(H,21,23)/t18-/m1/s1. The number of ether oxygens (including phenoxy) is 1. The van der Waals surface area contributed by atoms with Crippen molar-refractivity contribution < 1.29 is 14.6 Å². The van der Waals surface area contributed by atoms with Crippen LogP contribution >= 0.6 is 0 Å². The molecule has 1 atom stereocenters. The fourth-order valence-electron chi connectivity index (χ4n) is 2.63. The maximum Gasteiger partial charge on any atom is 0.220 e. The van der Waals surface area contributed by atoms with E-state index in [4.69, 9.17) is 4.74 Å². The molecule has 0 radical (unpaired) electrons. The number of carbonyl (C=O) groups excluding carboxylic acids is 1. The van der Waals surface area contributed by atoms with E-state index in [-0.39, 0.29) is 17.9 Å². The van der Waals surface area contributed by atoms with E-state index in [2.05, 4.69) is 5.32 Å². The minimum Gasteiger partial charge on any atom is -0.497 e. The highest BCUT2D eigenvalue weighted by atomic mass is 16.5. The lowest BCUT2D eigenvalue weighted by molar-refractivity contribution is -0.122. The Morgan fingerprint density at radius 2 is 1.88 bits per heavy atom. The molecule has 2 aromatic carbocycles. The molecule has 2 rings (SSSR count). The molecule has 0 unspecified atom stereocenters. The molecule has 2 aromatic rings. The van der Waals surface area contributed by atoms with Gasteiger partial charge < -0.3 is 15.2 Å². The summed E-state index contributed by atoms with van der Waals surface area (Å²) < 4.78 is 5.15. The van der Waals surface area contributed by atoms with Gasteiger partial charge in [0, 0.05) is 13.0 Å². The van der Waals surface area contributed by atoms with E-state index in [1.165, 1.54) is 0 Å². The Hall–Kier alpha value is -2.33. The van der Waals surface area contributed by atoms with Crippen molar-refractivity contribution in [2.24, 2.45) is 0 Å². The molecule has 2 N–H and O–H groups in total. The average Bonchev–Trinajstić information content (AvgIpc) is 2.60. The normalized spacial score (nSPS) is 12.5. The summed E-state index contributed by atoms with van der Waals surface area (Å²) in [7, 11) is 1.58. The zero-order chi connectivity index (χ0) is 17.6. The van der Waals surface area contributed by atoms with E-state index < -0.39 is 6.10 Å². The number of aliphatic hydroxyl groups is 1. The smallest absolute Gasteiger partial charge is 0.220 e. The number of methoxy groups -OCH3 is 1. The van der Waals surface area contributed by atoms with Gasteiger partial charge in [0.1, 0.15) is 5.75 Å². The Morgan fingerprint density at radius 1 is 1.17 bits per heavy atom. The summed E-state index contributed by atoms with van der Waals surface area (Å²) in [5, 5.41) is 13.0. The summed E-state index contributed by atoms with van der Waals surface area (Å²) in [4.78, 5) is 12.2. The van der Waals surface area contributed by atoms with Crippen molar-refractivity contribution in [3.8, 4) is 5.75 Å². The van der Waals surface area contributed by atoms with Gasteiger partial charge >= 0.3 is 0 Å². The number of hydrogen-bond donors (Lipinski definition) is 2. The highest BCUT2D eigenvalue weighted by Crippen LogP contribution is 2.26. The van der Waals surface area contributed by atoms with Gasteiger partial charge in [0.25, 0.3) is 0 Å². The zero-order valence-corrected chi connectivity index (χ0v) is 14.5. The van der Waals surface area contributed by atoms with E-state index in [1.807, 2.05) is 62.4 Å². The van der Waals surface area contributed by atoms with Crippen LogP contribution in [-0.2, 0) is 10.2 Å². The summed E-state index contributed by atoms with van der Waals surface area (Å²) in [6, 6.07) is 17.2. The van der Waals surface area contributed by atoms with E-state index in [9.17, 15) is 9.90 Å². The molecule has 0 bridgehead atoms. The van der Waals surface area contributed by atoms with E-state index in [0.717, 1.165) is 11.1 Å². The first-order valence-electron chi connectivity index (χ1n) is 8.06. The van der Waals surface area contributed by atoms with Crippen molar-refractivity contribution in [2.45, 2.75) is 31.8 Å². The molecule has 0 fully saturated rings. The third-order valence-corrected chi connectivity index (χ3v) is 4.13. The molecular formula is C20H25NO3. The highest BCUT2D eigenvalue weighted by molar-refractivity contribution is 5.77. The molecule has 0 aliphatic carbocycles. The van der Waals surface area contributed by atoms with E-state index in [1.54, 1.807) is 13.2 Å². The molecule has 24 heavy (non-hydrogen) atoms. The lowest BCUT2D eigenvalue weighted by Gasteiger charge is -2.25. The minimum atomic E-state index is -0.760. The highest BCUT2D eigenvalue weighted by Gasteiger charge is 2.24. The van der Waals surface area contributed by atoms with Crippen molar-refractivity contribution in [3.05, 3.63) is 65.7 Å². The van der Waals surface area contributed by atoms with Crippen molar-refractivity contribution in [1.82, 2.24) is 5.32 Å². The molecule has 128 valence electrons. The van der Waals surface area contributed by atoms with Gasteiger partial charge in [-0.05, 0) is 28.7 Å². The number of rotatable bonds is 7. The summed E-state index contributed by atoms with van der Waals surface area (Å²) in [5.41, 5.74) is 1.58. The second-order valence-electron chi connectivity index (χ2n) is 6.52. The van der Waals surface area contributed by atoms with Crippen molar-refractivity contribution in [2.75, 3.05) is 13.7 Å². The van der Waals surface area contributed by atoms with Crippen LogP contribution in [-0.4, -0.2) is 24.7 Å². The van der Waals surface area contributed by atoms with Crippen LogP contribution in [0.15, 0.2) is 54.6 Å². The second kappa shape index (κ2) is 7.97. The molecule has 0 spiro atoms. The number of nitrogens with one attached hydrogen (secondary N) is 1. The molecule has 0 aliphatic heterocycles. The first-order chi connectivity index (χ1) is 11.4. The topological polar surface area (TPSA) is 58.6 Å². The fraction of sp³-hybridized carbons (Fsp3) is 0.350. The lowest BCUT2D eigenvalue weighted by Crippen LogP contribution is -2.33. The quantitative estimate of drug-likeness (QED) is 0.821. The molecule has 0 heterocycles. The van der Waals surface area contributed by atoms with Crippen LogP contribution < -0.4 is 10.1 Å². The third-order valence-electron chi connectivity index (χ3n) is 4.13. The first-order valence-corrected chi connectivity index (χ1v) is 8.06. The molecular weight excluding hydrogens is 302 g/mol. The predicted molar refractivity (Wildman–Crippen MR) is 95.0 cm³/mol. The maximum atomic E-state index is 12.2. The van der Waals surface area contributed by atoms with E-state index >= 15 is 0 Å². The van der Waals surface area contributed by atoms with Crippen LogP contribution in [0.5, 0.6) is 5.75 Å². The first kappa shape index (κ1) is 18.0. The molecule has 0 saturated carbocycles. The fourth-order valence-corrected chi connectivity index (χ4v) is 2.63. The number of carbonyl (C=O) groups is 1. The Bertz CT molecular complexity index is 668. The number of amides is 1. The monoisotopic (exact) mass is 327 g/mol. The van der Waals surface area contributed by atoms with Crippen LogP contribution in [0.4, 0.5) is 0 Å². The van der Waals surface area contributed by atoms with E-state index in [0.29, 0.717) is 12.2 Å². The molecule has 0 saturated heterocycles. The van der Waals surface area contributed by atoms with Crippen molar-refractivity contribution >= 4 is 5.91 Å². The average molecular weight is 327 g/mol. The Labute approximate surface area is 143 Å². The van der Waals surface area contributed by atoms with Crippen LogP contribution in [0.25, 0.3) is 0 Å². The lowest BCUT2D eigenvalue weighted by atomic mass is 9.81. The number of aliphatic hydroxyl groups excluding tert-OH is 1. The van der Waals surface area contributed by atoms with Crippen LogP contribution in [0, 0.1) is 0 Å². The molecule has 4 nitrogen and oxygen atoms in total. The summed E-state index contributed by atoms with van der Waals surface area (Å²) in [5.74, 6) is 0.605. The molecule has 4 heteroatoms. The zero-order valence-electron chi connectivity index (χ0n) is 14.5. The van der Waals surface area contributed by atoms with Gasteiger partial charge in [0.2, 0.25) is 5.91 Å². The van der Waals surface area contributed by atoms with Gasteiger partial charge in [-0.2, -0.15) is 0 Å². The van der Waals surface area contributed by atoms with Gasteiger partial charge in [-0.25, -0.2) is 0 Å². The SMILES string of the molecule is COc1cccc([C@H](O)CNC(=O)CC(C)(C)c2ccccc2)c1. The summed E-state index contributed by atoms with van der Waals surface area (Å²) >= 11 is 0. The van der Waals surface area contributed by atoms with Gasteiger partial charge in [-0.3, -0.25) is 4.79 Å². The van der Waals surface area contributed by atoms with Gasteiger partial charge in [-0.15, -0.1) is 0 Å². The second-order valence-corrected chi connectivity index (χ2v) is 6.52. The van der Waals surface area contributed by atoms with Gasteiger partial charge in [0.05, 0.1) is 13.2 Å². The van der Waals surface area contributed by atoms with Crippen molar-refractivity contribution in [3.63, 3.8) is 0 Å². The maximum absolute atomic E-state index is 12.2. The van der Waals surface area contributed by atoms with Crippen LogP contribution in [0.3, 0.4) is 0 Å². The largest absolute Gasteiger partial charge is 0.497 e. The predicted octanol–water partition coefficient (Wildman–Crippen LogP) is 3.21. The molecule has 1 amide bonds. The molecule has 0 aliphatic rings. The number of hydrogen-bond acceptors (Lipinski definition) is 3. The molecule has 0 aromatic heterocycles. The third kappa shape index (κ3) is 4.83. The van der Waals surface area contributed by atoms with Gasteiger partial charge in [-0.1, -0.05) is 56.3 Å². The Balaban J connectivity index is 1.90. The van der Waals surface area contributed by atoms with Crippen LogP contribution in [0.1, 0.15) is 37.5 Å². The number of benzene rings is 2.